The zero-order chi connectivity index (χ0) is 24.0. The maximum absolute atomic E-state index is 12.9. The van der Waals surface area contributed by atoms with E-state index in [1.54, 1.807) is 0 Å². The lowest BCUT2D eigenvalue weighted by Gasteiger charge is -2.23. The fourth-order valence-corrected chi connectivity index (χ4v) is 3.46. The van der Waals surface area contributed by atoms with Crippen LogP contribution < -0.4 is 15.4 Å². The second kappa shape index (κ2) is 10.8. The average molecular weight is 491 g/mol. The van der Waals surface area contributed by atoms with Crippen LogP contribution in [0.2, 0.25) is 5.02 Å². The number of aryl methyl sites for hydroxylation is 1. The molecule has 1 aromatic carbocycles. The number of rotatable bonds is 8. The number of benzene rings is 1. The molecule has 1 aliphatic rings. The Morgan fingerprint density at radius 1 is 1.27 bits per heavy atom. The van der Waals surface area contributed by atoms with E-state index in [9.17, 15) is 22.8 Å². The first-order valence-electron chi connectivity index (χ1n) is 10.2. The zero-order valence-corrected chi connectivity index (χ0v) is 18.4. The number of nitrogens with one attached hydrogen (secondary N) is 2. The summed E-state index contributed by atoms with van der Waals surface area (Å²) in [5.74, 6) is -2.49. The maximum Gasteiger partial charge on any atom is 0.573 e. The van der Waals surface area contributed by atoms with Crippen LogP contribution in [0.5, 0.6) is 5.75 Å². The number of unbranched alkanes of at least 4 members (excludes halogenated alkanes) is 1. The number of anilines is 2. The number of carbonyl (C=O) groups is 2. The molecule has 2 aromatic rings. The number of nitrogens with zero attached hydrogens (tertiary/aromatic N) is 4. The van der Waals surface area contributed by atoms with Gasteiger partial charge in [0.15, 0.2) is 5.75 Å². The summed E-state index contributed by atoms with van der Waals surface area (Å²) in [5, 5.41) is 15.5. The van der Waals surface area contributed by atoms with E-state index in [2.05, 4.69) is 30.9 Å². The van der Waals surface area contributed by atoms with Crippen molar-refractivity contribution in [1.29, 1.82) is 0 Å². The van der Waals surface area contributed by atoms with Crippen molar-refractivity contribution in [2.45, 2.75) is 45.5 Å². The summed E-state index contributed by atoms with van der Waals surface area (Å²) in [7, 11) is 0. The van der Waals surface area contributed by atoms with E-state index < -0.39 is 40.6 Å². The molecule has 0 bridgehead atoms. The molecule has 10 nitrogen and oxygen atoms in total. The first kappa shape index (κ1) is 24.7. The molecule has 180 valence electrons. The molecule has 0 spiro atoms. The van der Waals surface area contributed by atoms with Gasteiger partial charge in [0, 0.05) is 25.7 Å². The minimum absolute atomic E-state index is 0.0490. The Hall–Kier alpha value is -2.93. The summed E-state index contributed by atoms with van der Waals surface area (Å²) in [6.07, 6.45) is -2.60. The van der Waals surface area contributed by atoms with E-state index in [0.717, 1.165) is 25.0 Å². The fourth-order valence-electron chi connectivity index (χ4n) is 3.17. The molecule has 0 aliphatic carbocycles. The Balaban J connectivity index is 1.88. The maximum atomic E-state index is 12.9. The Kier molecular flexibility index (Phi) is 8.08. The van der Waals surface area contributed by atoms with Gasteiger partial charge in [0.25, 0.3) is 5.91 Å². The third-order valence-corrected chi connectivity index (χ3v) is 5.29. The number of alkyl halides is 3. The minimum atomic E-state index is -5.04. The highest BCUT2D eigenvalue weighted by Gasteiger charge is 2.34. The average Bonchev–Trinajstić information content (AvgIpc) is 3.21. The molecule has 1 aromatic heterocycles. The standard InChI is InChI=1S/C19H22ClF3N6O4/c1-2-3-8-29-18(26-27-28-29)25-17(31)12-4-5-13(33-19(21,22)23)15(14(12)20)24-16(30)11-6-9-32-10-7-11/h4-5,11H,2-3,6-10H2,1H3,(H,24,30)(H,25,26,28,31). The Morgan fingerprint density at radius 3 is 2.67 bits per heavy atom. The molecule has 14 heteroatoms. The topological polar surface area (TPSA) is 120 Å². The summed E-state index contributed by atoms with van der Waals surface area (Å²) in [5.41, 5.74) is -0.651. The Bertz CT molecular complexity index is 994. The van der Waals surface area contributed by atoms with Crippen LogP contribution in [-0.2, 0) is 16.1 Å². The normalized spacial score (nSPS) is 14.7. The molecule has 0 saturated carbocycles. The second-order valence-corrected chi connectivity index (χ2v) is 7.64. The number of hydrogen-bond acceptors (Lipinski definition) is 7. The summed E-state index contributed by atoms with van der Waals surface area (Å²) in [4.78, 5) is 25.4. The van der Waals surface area contributed by atoms with E-state index >= 15 is 0 Å². The smallest absolute Gasteiger partial charge is 0.404 e. The van der Waals surface area contributed by atoms with Gasteiger partial charge in [-0.25, -0.2) is 4.68 Å². The predicted molar refractivity (Wildman–Crippen MR) is 111 cm³/mol. The Labute approximate surface area is 191 Å². The second-order valence-electron chi connectivity index (χ2n) is 7.26. The lowest BCUT2D eigenvalue weighted by Crippen LogP contribution is -2.29. The van der Waals surface area contributed by atoms with Crippen molar-refractivity contribution in [1.82, 2.24) is 20.2 Å². The van der Waals surface area contributed by atoms with E-state index in [0.29, 0.717) is 32.6 Å². The number of halogens is 4. The number of aromatic nitrogens is 4. The third-order valence-electron chi connectivity index (χ3n) is 4.90. The summed E-state index contributed by atoms with van der Waals surface area (Å²) in [6, 6.07) is 1.97. The molecule has 2 amide bonds. The quantitative estimate of drug-likeness (QED) is 0.579. The molecule has 1 fully saturated rings. The van der Waals surface area contributed by atoms with Crippen molar-refractivity contribution < 1.29 is 32.2 Å². The van der Waals surface area contributed by atoms with Gasteiger partial charge < -0.3 is 14.8 Å². The van der Waals surface area contributed by atoms with Gasteiger partial charge in [0.05, 0.1) is 10.6 Å². The van der Waals surface area contributed by atoms with Crippen LogP contribution in [0.1, 0.15) is 43.0 Å². The van der Waals surface area contributed by atoms with Gasteiger partial charge in [-0.15, -0.1) is 13.2 Å². The SMILES string of the molecule is CCCCn1nnnc1NC(=O)c1ccc(OC(F)(F)F)c(NC(=O)C2CCOCC2)c1Cl. The van der Waals surface area contributed by atoms with Gasteiger partial charge in [-0.05, 0) is 41.8 Å². The zero-order valence-electron chi connectivity index (χ0n) is 17.6. The summed E-state index contributed by atoms with van der Waals surface area (Å²) in [6.45, 7) is 3.14. The molecule has 0 radical (unpaired) electrons. The molecule has 3 rings (SSSR count). The molecule has 1 saturated heterocycles. The molecule has 33 heavy (non-hydrogen) atoms. The fraction of sp³-hybridized carbons (Fsp3) is 0.526. The van der Waals surface area contributed by atoms with E-state index in [1.165, 1.54) is 4.68 Å². The van der Waals surface area contributed by atoms with E-state index in [-0.39, 0.29) is 11.5 Å². The van der Waals surface area contributed by atoms with Crippen LogP contribution in [0.15, 0.2) is 12.1 Å². The van der Waals surface area contributed by atoms with Gasteiger partial charge in [0.1, 0.15) is 5.69 Å². The number of tetrazole rings is 1. The van der Waals surface area contributed by atoms with Gasteiger partial charge in [0.2, 0.25) is 11.9 Å². The highest BCUT2D eigenvalue weighted by molar-refractivity contribution is 6.37. The molecule has 0 unspecified atom stereocenters. The number of amides is 2. The van der Waals surface area contributed by atoms with E-state index in [4.69, 9.17) is 16.3 Å². The van der Waals surface area contributed by atoms with Gasteiger partial charge in [-0.1, -0.05) is 30.0 Å². The Morgan fingerprint density at radius 2 is 2.00 bits per heavy atom. The first-order chi connectivity index (χ1) is 15.7. The molecular formula is C19H22ClF3N6O4. The lowest BCUT2D eigenvalue weighted by atomic mass is 9.99. The van der Waals surface area contributed by atoms with Gasteiger partial charge in [-0.2, -0.15) is 0 Å². The van der Waals surface area contributed by atoms with Crippen LogP contribution in [0.25, 0.3) is 0 Å². The minimum Gasteiger partial charge on any atom is -0.404 e. The van der Waals surface area contributed by atoms with Crippen molar-refractivity contribution in [3.05, 3.63) is 22.7 Å². The molecule has 1 aliphatic heterocycles. The molecule has 0 atom stereocenters. The van der Waals surface area contributed by atoms with E-state index in [1.807, 2.05) is 6.92 Å². The highest BCUT2D eigenvalue weighted by atomic mass is 35.5. The van der Waals surface area contributed by atoms with Crippen molar-refractivity contribution in [2.24, 2.45) is 5.92 Å². The number of hydrogen-bond donors (Lipinski definition) is 2. The summed E-state index contributed by atoms with van der Waals surface area (Å²) < 4.78 is 49.3. The monoisotopic (exact) mass is 490 g/mol. The van der Waals surface area contributed by atoms with Gasteiger partial charge >= 0.3 is 6.36 Å². The molecular weight excluding hydrogens is 469 g/mol. The van der Waals surface area contributed by atoms with Gasteiger partial charge in [-0.3, -0.25) is 14.9 Å². The number of ether oxygens (including phenoxy) is 2. The van der Waals surface area contributed by atoms with Crippen LogP contribution in [0, 0.1) is 5.92 Å². The van der Waals surface area contributed by atoms with Crippen molar-refractivity contribution in [3.8, 4) is 5.75 Å². The number of carbonyl (C=O) groups excluding carboxylic acids is 2. The predicted octanol–water partition coefficient (Wildman–Crippen LogP) is 3.64. The lowest BCUT2D eigenvalue weighted by molar-refractivity contribution is -0.274. The molecule has 2 N–H and O–H groups in total. The van der Waals surface area contributed by atoms with Crippen LogP contribution in [0.4, 0.5) is 24.8 Å². The van der Waals surface area contributed by atoms with Crippen LogP contribution >= 0.6 is 11.6 Å². The van der Waals surface area contributed by atoms with Crippen molar-refractivity contribution in [2.75, 3.05) is 23.8 Å². The summed E-state index contributed by atoms with van der Waals surface area (Å²) >= 11 is 6.28. The van der Waals surface area contributed by atoms with Crippen molar-refractivity contribution >= 4 is 35.1 Å². The first-order valence-corrected chi connectivity index (χ1v) is 10.6. The highest BCUT2D eigenvalue weighted by Crippen LogP contribution is 2.39. The largest absolute Gasteiger partial charge is 0.573 e. The van der Waals surface area contributed by atoms with Crippen molar-refractivity contribution in [3.63, 3.8) is 0 Å². The van der Waals surface area contributed by atoms with Crippen LogP contribution in [0.3, 0.4) is 0 Å². The van der Waals surface area contributed by atoms with Crippen LogP contribution in [-0.4, -0.2) is 51.6 Å². The molecule has 2 heterocycles. The third kappa shape index (κ3) is 6.54.